The molecule has 0 aliphatic rings. The van der Waals surface area contributed by atoms with Crippen LogP contribution in [0.3, 0.4) is 0 Å². The second-order valence-electron chi connectivity index (χ2n) is 6.98. The van der Waals surface area contributed by atoms with Crippen LogP contribution in [0.5, 0.6) is 5.75 Å². The summed E-state index contributed by atoms with van der Waals surface area (Å²) in [6.45, 7) is 3.06. The molecule has 1 unspecified atom stereocenters. The van der Waals surface area contributed by atoms with Crippen molar-refractivity contribution in [2.75, 3.05) is 32.6 Å². The summed E-state index contributed by atoms with van der Waals surface area (Å²) in [5, 5.41) is 7.07. The van der Waals surface area contributed by atoms with Gasteiger partial charge in [-0.05, 0) is 56.9 Å². The van der Waals surface area contributed by atoms with Crippen LogP contribution in [0.2, 0.25) is 0 Å². The van der Waals surface area contributed by atoms with Gasteiger partial charge in [0.25, 0.3) is 0 Å². The SMILES string of the molecule is CCOc1ccc(NC(=O)NCC(c2cn(C)c3ccccc23)N(C)C)cc1. The van der Waals surface area contributed by atoms with Crippen LogP contribution in [-0.2, 0) is 7.05 Å². The van der Waals surface area contributed by atoms with Gasteiger partial charge in [0.1, 0.15) is 5.75 Å². The van der Waals surface area contributed by atoms with Gasteiger partial charge in [0.05, 0.1) is 12.6 Å². The number of para-hydroxylation sites is 1. The first-order valence-electron chi connectivity index (χ1n) is 9.47. The number of urea groups is 1. The van der Waals surface area contributed by atoms with Crippen LogP contribution in [0.15, 0.2) is 54.7 Å². The third kappa shape index (κ3) is 4.46. The Hall–Kier alpha value is -2.99. The average Bonchev–Trinajstić information content (AvgIpc) is 3.00. The topological polar surface area (TPSA) is 58.5 Å². The third-order valence-corrected chi connectivity index (χ3v) is 4.79. The second-order valence-corrected chi connectivity index (χ2v) is 6.98. The van der Waals surface area contributed by atoms with E-state index in [9.17, 15) is 4.79 Å². The molecule has 0 aliphatic carbocycles. The minimum Gasteiger partial charge on any atom is -0.494 e. The Bertz CT molecular complexity index is 931. The van der Waals surface area contributed by atoms with E-state index in [1.807, 2.05) is 64.5 Å². The molecule has 0 aliphatic heterocycles. The van der Waals surface area contributed by atoms with Gasteiger partial charge in [-0.3, -0.25) is 0 Å². The minimum atomic E-state index is -0.226. The normalized spacial score (nSPS) is 12.2. The number of nitrogens with one attached hydrogen (secondary N) is 2. The van der Waals surface area contributed by atoms with Crippen LogP contribution < -0.4 is 15.4 Å². The van der Waals surface area contributed by atoms with Gasteiger partial charge in [0.2, 0.25) is 0 Å². The molecule has 0 bridgehead atoms. The summed E-state index contributed by atoms with van der Waals surface area (Å²) in [7, 11) is 6.10. The zero-order chi connectivity index (χ0) is 20.1. The number of aromatic nitrogens is 1. The largest absolute Gasteiger partial charge is 0.494 e. The van der Waals surface area contributed by atoms with E-state index in [2.05, 4.69) is 38.4 Å². The number of carbonyl (C=O) groups excluding carboxylic acids is 1. The first kappa shape index (κ1) is 19.8. The molecule has 1 aromatic heterocycles. The first-order valence-corrected chi connectivity index (χ1v) is 9.47. The monoisotopic (exact) mass is 380 g/mol. The predicted molar refractivity (Wildman–Crippen MR) is 114 cm³/mol. The lowest BCUT2D eigenvalue weighted by Crippen LogP contribution is -2.36. The molecule has 0 fully saturated rings. The lowest BCUT2D eigenvalue weighted by atomic mass is 10.0. The number of anilines is 1. The Kier molecular flexibility index (Phi) is 6.21. The highest BCUT2D eigenvalue weighted by atomic mass is 16.5. The van der Waals surface area contributed by atoms with E-state index in [0.29, 0.717) is 13.2 Å². The standard InChI is InChI=1S/C22H28N4O2/c1-5-28-17-12-10-16(11-13-17)24-22(27)23-14-21(25(2)3)19-15-26(4)20-9-7-6-8-18(19)20/h6-13,15,21H,5,14H2,1-4H3,(H2,23,24,27). The molecule has 1 heterocycles. The average molecular weight is 380 g/mol. The number of ether oxygens (including phenoxy) is 1. The van der Waals surface area contributed by atoms with E-state index >= 15 is 0 Å². The van der Waals surface area contributed by atoms with E-state index in [-0.39, 0.29) is 12.1 Å². The number of hydrogen-bond donors (Lipinski definition) is 2. The lowest BCUT2D eigenvalue weighted by Gasteiger charge is -2.24. The fraction of sp³-hybridized carbons (Fsp3) is 0.318. The van der Waals surface area contributed by atoms with Crippen LogP contribution in [0, 0.1) is 0 Å². The molecule has 148 valence electrons. The maximum absolute atomic E-state index is 12.4. The molecule has 28 heavy (non-hydrogen) atoms. The Balaban J connectivity index is 1.67. The van der Waals surface area contributed by atoms with E-state index < -0.39 is 0 Å². The molecule has 3 aromatic rings. The molecular weight excluding hydrogens is 352 g/mol. The van der Waals surface area contributed by atoms with E-state index in [0.717, 1.165) is 11.4 Å². The lowest BCUT2D eigenvalue weighted by molar-refractivity contribution is 0.243. The van der Waals surface area contributed by atoms with Gasteiger partial charge in [0, 0.05) is 36.4 Å². The Morgan fingerprint density at radius 2 is 1.86 bits per heavy atom. The molecular formula is C22H28N4O2. The molecule has 2 aromatic carbocycles. The molecule has 0 spiro atoms. The highest BCUT2D eigenvalue weighted by molar-refractivity contribution is 5.89. The van der Waals surface area contributed by atoms with Crippen LogP contribution >= 0.6 is 0 Å². The number of hydrogen-bond acceptors (Lipinski definition) is 3. The Labute approximate surface area is 166 Å². The summed E-state index contributed by atoms with van der Waals surface area (Å²) in [6.07, 6.45) is 2.14. The van der Waals surface area contributed by atoms with Crippen molar-refractivity contribution < 1.29 is 9.53 Å². The van der Waals surface area contributed by atoms with Gasteiger partial charge in [-0.25, -0.2) is 4.79 Å². The zero-order valence-corrected chi connectivity index (χ0v) is 16.9. The maximum atomic E-state index is 12.4. The van der Waals surface area contributed by atoms with Gasteiger partial charge >= 0.3 is 6.03 Å². The van der Waals surface area contributed by atoms with Crippen LogP contribution in [0.25, 0.3) is 10.9 Å². The number of carbonyl (C=O) groups is 1. The van der Waals surface area contributed by atoms with Crippen molar-refractivity contribution >= 4 is 22.6 Å². The second kappa shape index (κ2) is 8.80. The van der Waals surface area contributed by atoms with Crippen LogP contribution in [0.4, 0.5) is 10.5 Å². The number of benzene rings is 2. The Morgan fingerprint density at radius 3 is 2.54 bits per heavy atom. The highest BCUT2D eigenvalue weighted by Gasteiger charge is 2.20. The molecule has 1 atom stereocenters. The van der Waals surface area contributed by atoms with Crippen molar-refractivity contribution in [2.24, 2.45) is 7.05 Å². The summed E-state index contributed by atoms with van der Waals surface area (Å²) in [5.41, 5.74) is 3.11. The predicted octanol–water partition coefficient (Wildman–Crippen LogP) is 4.00. The molecule has 6 heteroatoms. The quantitative estimate of drug-likeness (QED) is 0.651. The number of amides is 2. The molecule has 2 amide bonds. The summed E-state index contributed by atoms with van der Waals surface area (Å²) in [4.78, 5) is 14.5. The van der Waals surface area contributed by atoms with Gasteiger partial charge in [-0.1, -0.05) is 18.2 Å². The first-order chi connectivity index (χ1) is 13.5. The molecule has 0 saturated carbocycles. The van der Waals surface area contributed by atoms with Crippen molar-refractivity contribution in [1.82, 2.24) is 14.8 Å². The Morgan fingerprint density at radius 1 is 1.14 bits per heavy atom. The molecule has 0 saturated heterocycles. The van der Waals surface area contributed by atoms with Crippen molar-refractivity contribution in [3.63, 3.8) is 0 Å². The van der Waals surface area contributed by atoms with E-state index in [1.165, 1.54) is 16.5 Å². The number of rotatable bonds is 7. The highest BCUT2D eigenvalue weighted by Crippen LogP contribution is 2.28. The number of fused-ring (bicyclic) bond motifs is 1. The van der Waals surface area contributed by atoms with Gasteiger partial charge < -0.3 is 24.8 Å². The van der Waals surface area contributed by atoms with Crippen molar-refractivity contribution in [3.8, 4) is 5.75 Å². The number of likely N-dealkylation sites (N-methyl/N-ethyl adjacent to an activating group) is 1. The summed E-state index contributed by atoms with van der Waals surface area (Å²) in [5.74, 6) is 0.789. The molecule has 2 N–H and O–H groups in total. The van der Waals surface area contributed by atoms with Crippen LogP contribution in [-0.4, -0.2) is 42.7 Å². The van der Waals surface area contributed by atoms with Gasteiger partial charge in [-0.2, -0.15) is 0 Å². The fourth-order valence-corrected chi connectivity index (χ4v) is 3.38. The molecule has 6 nitrogen and oxygen atoms in total. The van der Waals surface area contributed by atoms with E-state index in [4.69, 9.17) is 4.74 Å². The van der Waals surface area contributed by atoms with Crippen LogP contribution in [0.1, 0.15) is 18.5 Å². The van der Waals surface area contributed by atoms with Crippen molar-refractivity contribution in [3.05, 3.63) is 60.3 Å². The number of nitrogens with zero attached hydrogens (tertiary/aromatic N) is 2. The zero-order valence-electron chi connectivity index (χ0n) is 16.9. The van der Waals surface area contributed by atoms with Crippen molar-refractivity contribution in [1.29, 1.82) is 0 Å². The fourth-order valence-electron chi connectivity index (χ4n) is 3.38. The number of aryl methyl sites for hydroxylation is 1. The van der Waals surface area contributed by atoms with Gasteiger partial charge in [-0.15, -0.1) is 0 Å². The molecule has 0 radical (unpaired) electrons. The summed E-state index contributed by atoms with van der Waals surface area (Å²) >= 11 is 0. The van der Waals surface area contributed by atoms with E-state index in [1.54, 1.807) is 0 Å². The van der Waals surface area contributed by atoms with Crippen molar-refractivity contribution in [2.45, 2.75) is 13.0 Å². The minimum absolute atomic E-state index is 0.0668. The third-order valence-electron chi connectivity index (χ3n) is 4.79. The summed E-state index contributed by atoms with van der Waals surface area (Å²) < 4.78 is 7.55. The summed E-state index contributed by atoms with van der Waals surface area (Å²) in [6, 6.07) is 15.5. The maximum Gasteiger partial charge on any atom is 0.319 e. The van der Waals surface area contributed by atoms with Gasteiger partial charge in [0.15, 0.2) is 0 Å². The molecule has 3 rings (SSSR count). The smallest absolute Gasteiger partial charge is 0.319 e.